The smallest absolute Gasteiger partial charge is 0.119 e. The Morgan fingerprint density at radius 1 is 1.17 bits per heavy atom. The summed E-state index contributed by atoms with van der Waals surface area (Å²) < 4.78 is 5.31. The minimum Gasteiger partial charge on any atom is -0.497 e. The number of hydrogen-bond donors (Lipinski definition) is 1. The summed E-state index contributed by atoms with van der Waals surface area (Å²) in [5.41, 5.74) is 4.02. The van der Waals surface area contributed by atoms with E-state index in [0.29, 0.717) is 5.56 Å². The van der Waals surface area contributed by atoms with Crippen molar-refractivity contribution in [1.29, 1.82) is 5.26 Å². The molecule has 1 N–H and O–H groups in total. The highest BCUT2D eigenvalue weighted by molar-refractivity contribution is 5.96. The number of ether oxygens (including phenoxy) is 1. The van der Waals surface area contributed by atoms with Gasteiger partial charge in [-0.05, 0) is 36.4 Å². The van der Waals surface area contributed by atoms with Crippen LogP contribution in [0.1, 0.15) is 5.56 Å². The molecule has 2 aromatic carbocycles. The molecule has 3 aromatic rings. The molecule has 0 bridgehead atoms. The van der Waals surface area contributed by atoms with Gasteiger partial charge in [-0.2, -0.15) is 5.26 Å². The van der Waals surface area contributed by atoms with Gasteiger partial charge in [0.15, 0.2) is 0 Å². The van der Waals surface area contributed by atoms with E-state index >= 15 is 0 Å². The molecule has 0 fully saturated rings. The molecule has 0 aliphatic carbocycles. The van der Waals surface area contributed by atoms with Crippen molar-refractivity contribution in [2.75, 3.05) is 31.4 Å². The fraction of sp³-hybridized carbons (Fsp3) is 0.158. The second-order valence-electron chi connectivity index (χ2n) is 5.61. The lowest BCUT2D eigenvalue weighted by atomic mass is 10.1. The molecule has 0 spiro atoms. The fourth-order valence-corrected chi connectivity index (χ4v) is 2.52. The van der Waals surface area contributed by atoms with Gasteiger partial charge in [0.1, 0.15) is 11.8 Å². The maximum absolute atomic E-state index is 9.46. The highest BCUT2D eigenvalue weighted by Gasteiger charge is 2.11. The number of hydrogen-bond acceptors (Lipinski definition) is 5. The monoisotopic (exact) mass is 318 g/mol. The molecule has 5 heteroatoms. The molecule has 0 atom stereocenters. The van der Waals surface area contributed by atoms with Crippen LogP contribution in [0.5, 0.6) is 5.75 Å². The normalized spacial score (nSPS) is 10.2. The molecule has 120 valence electrons. The lowest BCUT2D eigenvalue weighted by Gasteiger charge is -2.16. The number of pyridine rings is 1. The van der Waals surface area contributed by atoms with Crippen LogP contribution in [0.15, 0.2) is 48.7 Å². The van der Waals surface area contributed by atoms with E-state index < -0.39 is 0 Å². The molecule has 0 saturated heterocycles. The van der Waals surface area contributed by atoms with Gasteiger partial charge in [0.05, 0.1) is 23.9 Å². The minimum absolute atomic E-state index is 0.492. The van der Waals surface area contributed by atoms with E-state index in [1.807, 2.05) is 61.5 Å². The Balaban J connectivity index is 2.13. The standard InChI is InChI=1S/C19H18N4O/c1-23(2)15-6-4-5-14(9-15)22-19-13(11-20)12-21-18-8-7-16(24-3)10-17(18)19/h4-10,12H,1-3H3,(H,21,22). The van der Waals surface area contributed by atoms with Crippen molar-refractivity contribution in [2.24, 2.45) is 0 Å². The zero-order chi connectivity index (χ0) is 17.1. The summed E-state index contributed by atoms with van der Waals surface area (Å²) in [5, 5.41) is 13.7. The van der Waals surface area contributed by atoms with E-state index in [1.54, 1.807) is 13.3 Å². The Morgan fingerprint density at radius 2 is 2.00 bits per heavy atom. The van der Waals surface area contributed by atoms with Gasteiger partial charge in [-0.3, -0.25) is 4.98 Å². The maximum atomic E-state index is 9.46. The molecule has 0 saturated carbocycles. The van der Waals surface area contributed by atoms with Crippen LogP contribution in [0.3, 0.4) is 0 Å². The topological polar surface area (TPSA) is 61.2 Å². The molecule has 0 aliphatic heterocycles. The first-order valence-corrected chi connectivity index (χ1v) is 7.53. The molecular weight excluding hydrogens is 300 g/mol. The first kappa shape index (κ1) is 15.6. The number of nitrogens with one attached hydrogen (secondary N) is 1. The van der Waals surface area contributed by atoms with Crippen molar-refractivity contribution in [2.45, 2.75) is 0 Å². The number of benzene rings is 2. The van der Waals surface area contributed by atoms with Gasteiger partial charge in [0, 0.05) is 37.1 Å². The summed E-state index contributed by atoms with van der Waals surface area (Å²) >= 11 is 0. The van der Waals surface area contributed by atoms with Crippen molar-refractivity contribution >= 4 is 28.0 Å². The number of fused-ring (bicyclic) bond motifs is 1. The van der Waals surface area contributed by atoms with Crippen LogP contribution in [0.25, 0.3) is 10.9 Å². The predicted octanol–water partition coefficient (Wildman–Crippen LogP) is 3.92. The summed E-state index contributed by atoms with van der Waals surface area (Å²) in [7, 11) is 5.61. The molecule has 1 heterocycles. The SMILES string of the molecule is COc1ccc2ncc(C#N)c(Nc3cccc(N(C)C)c3)c2c1. The van der Waals surface area contributed by atoms with Crippen LogP contribution in [-0.4, -0.2) is 26.2 Å². The van der Waals surface area contributed by atoms with E-state index in [1.165, 1.54) is 0 Å². The number of nitriles is 1. The van der Waals surface area contributed by atoms with Crippen LogP contribution in [0, 0.1) is 11.3 Å². The number of anilines is 3. The summed E-state index contributed by atoms with van der Waals surface area (Å²) in [6, 6.07) is 15.9. The van der Waals surface area contributed by atoms with Crippen molar-refractivity contribution in [3.05, 3.63) is 54.2 Å². The lowest BCUT2D eigenvalue weighted by molar-refractivity contribution is 0.415. The summed E-state index contributed by atoms with van der Waals surface area (Å²) in [6.45, 7) is 0. The fourth-order valence-electron chi connectivity index (χ4n) is 2.52. The summed E-state index contributed by atoms with van der Waals surface area (Å²) in [5.74, 6) is 0.726. The van der Waals surface area contributed by atoms with Gasteiger partial charge >= 0.3 is 0 Å². The third-order valence-electron chi connectivity index (χ3n) is 3.83. The number of methoxy groups -OCH3 is 1. The molecule has 0 unspecified atom stereocenters. The number of rotatable bonds is 4. The van der Waals surface area contributed by atoms with Crippen LogP contribution in [0.2, 0.25) is 0 Å². The molecule has 0 radical (unpaired) electrons. The first-order valence-electron chi connectivity index (χ1n) is 7.53. The average Bonchev–Trinajstić information content (AvgIpc) is 2.61. The third-order valence-corrected chi connectivity index (χ3v) is 3.83. The summed E-state index contributed by atoms with van der Waals surface area (Å²) in [4.78, 5) is 6.38. The van der Waals surface area contributed by atoms with E-state index in [4.69, 9.17) is 4.74 Å². The van der Waals surface area contributed by atoms with Crippen molar-refractivity contribution in [1.82, 2.24) is 4.98 Å². The Labute approximate surface area is 141 Å². The van der Waals surface area contributed by atoms with Crippen molar-refractivity contribution < 1.29 is 4.74 Å². The van der Waals surface area contributed by atoms with Gasteiger partial charge in [-0.25, -0.2) is 0 Å². The largest absolute Gasteiger partial charge is 0.497 e. The second-order valence-corrected chi connectivity index (χ2v) is 5.61. The summed E-state index contributed by atoms with van der Waals surface area (Å²) in [6.07, 6.45) is 1.59. The minimum atomic E-state index is 0.492. The predicted molar refractivity (Wildman–Crippen MR) is 97.1 cm³/mol. The Hall–Kier alpha value is -3.26. The Bertz CT molecular complexity index is 928. The van der Waals surface area contributed by atoms with E-state index in [2.05, 4.69) is 16.4 Å². The second kappa shape index (κ2) is 6.47. The van der Waals surface area contributed by atoms with Gasteiger partial charge in [0.2, 0.25) is 0 Å². The molecule has 5 nitrogen and oxygen atoms in total. The lowest BCUT2D eigenvalue weighted by Crippen LogP contribution is -2.08. The van der Waals surface area contributed by atoms with Crippen LogP contribution in [0.4, 0.5) is 17.1 Å². The van der Waals surface area contributed by atoms with Crippen LogP contribution < -0.4 is 15.0 Å². The van der Waals surface area contributed by atoms with Crippen LogP contribution in [-0.2, 0) is 0 Å². The highest BCUT2D eigenvalue weighted by atomic mass is 16.5. The quantitative estimate of drug-likeness (QED) is 0.790. The molecular formula is C19H18N4O. The molecule has 24 heavy (non-hydrogen) atoms. The molecule has 3 rings (SSSR count). The molecule has 0 aliphatic rings. The van der Waals surface area contributed by atoms with E-state index in [-0.39, 0.29) is 0 Å². The third kappa shape index (κ3) is 2.95. The van der Waals surface area contributed by atoms with E-state index in [9.17, 15) is 5.26 Å². The number of aromatic nitrogens is 1. The van der Waals surface area contributed by atoms with Crippen molar-refractivity contribution in [3.63, 3.8) is 0 Å². The molecule has 1 aromatic heterocycles. The molecule has 0 amide bonds. The average molecular weight is 318 g/mol. The Morgan fingerprint density at radius 3 is 2.71 bits per heavy atom. The van der Waals surface area contributed by atoms with Crippen molar-refractivity contribution in [3.8, 4) is 11.8 Å². The van der Waals surface area contributed by atoms with Gasteiger partial charge < -0.3 is 15.0 Å². The van der Waals surface area contributed by atoms with Gasteiger partial charge in [-0.1, -0.05) is 6.07 Å². The van der Waals surface area contributed by atoms with Gasteiger partial charge in [0.25, 0.3) is 0 Å². The van der Waals surface area contributed by atoms with Crippen LogP contribution >= 0.6 is 0 Å². The zero-order valence-corrected chi connectivity index (χ0v) is 13.9. The zero-order valence-electron chi connectivity index (χ0n) is 13.9. The Kier molecular flexibility index (Phi) is 4.21. The maximum Gasteiger partial charge on any atom is 0.119 e. The highest BCUT2D eigenvalue weighted by Crippen LogP contribution is 2.32. The number of nitrogens with zero attached hydrogens (tertiary/aromatic N) is 3. The van der Waals surface area contributed by atoms with Gasteiger partial charge in [-0.15, -0.1) is 0 Å². The van der Waals surface area contributed by atoms with E-state index in [0.717, 1.165) is 33.7 Å². The first-order chi connectivity index (χ1) is 11.6.